The molecule has 12 rings (SSSR count). The molecular formula is C57H37NO. The first-order chi connectivity index (χ1) is 29.3. The van der Waals surface area contributed by atoms with Gasteiger partial charge in [-0.25, -0.2) is 0 Å². The van der Waals surface area contributed by atoms with Crippen molar-refractivity contribution in [1.29, 1.82) is 0 Å². The van der Waals surface area contributed by atoms with Crippen molar-refractivity contribution in [3.63, 3.8) is 0 Å². The molecule has 2 heteroatoms. The van der Waals surface area contributed by atoms with E-state index in [0.717, 1.165) is 55.5 Å². The highest BCUT2D eigenvalue weighted by atomic mass is 16.3. The van der Waals surface area contributed by atoms with Gasteiger partial charge in [-0.15, -0.1) is 0 Å². The minimum Gasteiger partial charge on any atom is -0.455 e. The van der Waals surface area contributed by atoms with E-state index in [2.05, 4.69) is 229 Å². The molecular weight excluding hydrogens is 715 g/mol. The van der Waals surface area contributed by atoms with E-state index in [0.29, 0.717) is 0 Å². The molecule has 276 valence electrons. The van der Waals surface area contributed by atoms with E-state index in [4.69, 9.17) is 4.42 Å². The highest BCUT2D eigenvalue weighted by Gasteiger charge is 2.46. The summed E-state index contributed by atoms with van der Waals surface area (Å²) < 4.78 is 7.14. The Bertz CT molecular complexity index is 3330. The summed E-state index contributed by atoms with van der Waals surface area (Å²) in [5.41, 5.74) is 14.2. The van der Waals surface area contributed by atoms with E-state index in [1.807, 2.05) is 0 Å². The van der Waals surface area contributed by atoms with E-state index < -0.39 is 5.41 Å². The summed E-state index contributed by atoms with van der Waals surface area (Å²) in [6, 6.07) is 81.7. The molecule has 11 aromatic rings. The van der Waals surface area contributed by atoms with Gasteiger partial charge in [-0.2, -0.15) is 0 Å². The molecule has 0 spiro atoms. The lowest BCUT2D eigenvalue weighted by Crippen LogP contribution is -2.28. The van der Waals surface area contributed by atoms with Gasteiger partial charge in [-0.05, 0) is 97.1 Å². The van der Waals surface area contributed by atoms with Crippen molar-refractivity contribution < 1.29 is 4.42 Å². The first-order valence-corrected chi connectivity index (χ1v) is 20.3. The van der Waals surface area contributed by atoms with Crippen LogP contribution in [0.4, 0.5) is 17.1 Å². The number of hydrogen-bond acceptors (Lipinski definition) is 2. The van der Waals surface area contributed by atoms with Crippen LogP contribution < -0.4 is 4.90 Å². The van der Waals surface area contributed by atoms with Gasteiger partial charge in [-0.3, -0.25) is 0 Å². The number of fused-ring (bicyclic) bond motifs is 11. The molecule has 1 aliphatic rings. The number of para-hydroxylation sites is 1. The zero-order valence-electron chi connectivity index (χ0n) is 32.2. The smallest absolute Gasteiger partial charge is 0.143 e. The summed E-state index contributed by atoms with van der Waals surface area (Å²) in [7, 11) is 0. The van der Waals surface area contributed by atoms with Crippen molar-refractivity contribution in [1.82, 2.24) is 0 Å². The fourth-order valence-electron chi connectivity index (χ4n) is 10.1. The van der Waals surface area contributed by atoms with Crippen LogP contribution in [-0.2, 0) is 5.41 Å². The van der Waals surface area contributed by atoms with Gasteiger partial charge in [-0.1, -0.05) is 188 Å². The van der Waals surface area contributed by atoms with Crippen LogP contribution in [0.25, 0.3) is 65.7 Å². The standard InChI is InChI=1S/C57H37NO/c1-5-19-38(20-6-1)39-35-52(55-53(36-39)59-56-49-31-16-14-28-45(49)44-27-13-15-30-48(44)54(55)56)58(42-25-11-4-12-26-42)43-33-34-47-46-29-17-18-32-50(46)57(51(47)37-43,40-21-7-2-8-22-40)41-23-9-3-10-24-41/h1-37H. The summed E-state index contributed by atoms with van der Waals surface area (Å²) in [4.78, 5) is 2.46. The summed E-state index contributed by atoms with van der Waals surface area (Å²) in [6.07, 6.45) is 0. The highest BCUT2D eigenvalue weighted by molar-refractivity contribution is 6.32. The van der Waals surface area contributed by atoms with Crippen LogP contribution in [-0.4, -0.2) is 0 Å². The Morgan fingerprint density at radius 3 is 1.59 bits per heavy atom. The molecule has 1 heterocycles. The highest BCUT2D eigenvalue weighted by Crippen LogP contribution is 2.58. The van der Waals surface area contributed by atoms with Gasteiger partial charge in [0.25, 0.3) is 0 Å². The van der Waals surface area contributed by atoms with Crippen LogP contribution in [0.2, 0.25) is 0 Å². The third-order valence-electron chi connectivity index (χ3n) is 12.5. The average Bonchev–Trinajstić information content (AvgIpc) is 3.85. The largest absolute Gasteiger partial charge is 0.455 e. The van der Waals surface area contributed by atoms with Gasteiger partial charge in [0.15, 0.2) is 0 Å². The first-order valence-electron chi connectivity index (χ1n) is 20.3. The average molecular weight is 752 g/mol. The number of furan rings is 1. The predicted molar refractivity (Wildman–Crippen MR) is 246 cm³/mol. The Morgan fingerprint density at radius 2 is 0.898 bits per heavy atom. The second-order valence-corrected chi connectivity index (χ2v) is 15.6. The van der Waals surface area contributed by atoms with Crippen LogP contribution in [0.5, 0.6) is 0 Å². The quantitative estimate of drug-likeness (QED) is 0.157. The van der Waals surface area contributed by atoms with Gasteiger partial charge in [0.05, 0.1) is 16.5 Å². The van der Waals surface area contributed by atoms with E-state index >= 15 is 0 Å². The molecule has 10 aromatic carbocycles. The summed E-state index contributed by atoms with van der Waals surface area (Å²) >= 11 is 0. The Hall–Kier alpha value is -7.68. The monoisotopic (exact) mass is 751 g/mol. The lowest BCUT2D eigenvalue weighted by Gasteiger charge is -2.35. The van der Waals surface area contributed by atoms with E-state index in [1.54, 1.807) is 0 Å². The molecule has 0 unspecified atom stereocenters. The zero-order chi connectivity index (χ0) is 38.9. The van der Waals surface area contributed by atoms with Crippen molar-refractivity contribution in [2.45, 2.75) is 5.41 Å². The van der Waals surface area contributed by atoms with Crippen LogP contribution in [0.3, 0.4) is 0 Å². The molecule has 0 amide bonds. The van der Waals surface area contributed by atoms with E-state index in [-0.39, 0.29) is 0 Å². The number of anilines is 3. The van der Waals surface area contributed by atoms with E-state index in [1.165, 1.54) is 49.5 Å². The van der Waals surface area contributed by atoms with Gasteiger partial charge < -0.3 is 9.32 Å². The fourth-order valence-corrected chi connectivity index (χ4v) is 10.1. The summed E-state index contributed by atoms with van der Waals surface area (Å²) in [5.74, 6) is 0. The second kappa shape index (κ2) is 13.2. The molecule has 0 saturated carbocycles. The molecule has 0 fully saturated rings. The zero-order valence-corrected chi connectivity index (χ0v) is 32.2. The number of rotatable bonds is 6. The van der Waals surface area contributed by atoms with Gasteiger partial charge in [0.2, 0.25) is 0 Å². The molecule has 2 nitrogen and oxygen atoms in total. The summed E-state index contributed by atoms with van der Waals surface area (Å²) in [6.45, 7) is 0. The van der Waals surface area contributed by atoms with Crippen molar-refractivity contribution in [2.24, 2.45) is 0 Å². The third-order valence-corrected chi connectivity index (χ3v) is 12.5. The van der Waals surface area contributed by atoms with Crippen molar-refractivity contribution in [3.8, 4) is 22.3 Å². The Morgan fingerprint density at radius 1 is 0.356 bits per heavy atom. The van der Waals surface area contributed by atoms with E-state index in [9.17, 15) is 0 Å². The Labute approximate surface area is 342 Å². The molecule has 0 N–H and O–H groups in total. The molecule has 0 radical (unpaired) electrons. The molecule has 0 atom stereocenters. The lowest BCUT2D eigenvalue weighted by atomic mass is 9.67. The summed E-state index contributed by atoms with van der Waals surface area (Å²) in [5, 5.41) is 6.91. The number of nitrogens with zero attached hydrogens (tertiary/aromatic N) is 1. The lowest BCUT2D eigenvalue weighted by molar-refractivity contribution is 0.673. The van der Waals surface area contributed by atoms with Crippen molar-refractivity contribution in [2.75, 3.05) is 4.90 Å². The van der Waals surface area contributed by atoms with Gasteiger partial charge in [0.1, 0.15) is 11.2 Å². The van der Waals surface area contributed by atoms with Crippen LogP contribution in [0.15, 0.2) is 229 Å². The van der Waals surface area contributed by atoms with Gasteiger partial charge >= 0.3 is 0 Å². The molecule has 1 aromatic heterocycles. The molecule has 0 bridgehead atoms. The molecule has 0 saturated heterocycles. The van der Waals surface area contributed by atoms with Crippen molar-refractivity contribution >= 4 is 60.5 Å². The number of hydrogen-bond donors (Lipinski definition) is 0. The SMILES string of the molecule is c1ccc(-c2cc(N(c3ccccc3)c3ccc4c(c3)C(c3ccccc3)(c3ccccc3)c3ccccc3-4)c3c(c2)oc2c4ccccc4c4ccccc4c23)cc1. The molecule has 0 aliphatic heterocycles. The minimum atomic E-state index is -0.536. The third kappa shape index (κ3) is 4.93. The second-order valence-electron chi connectivity index (χ2n) is 15.6. The predicted octanol–water partition coefficient (Wildman–Crippen LogP) is 15.4. The number of benzene rings is 10. The maximum atomic E-state index is 7.14. The maximum absolute atomic E-state index is 7.14. The van der Waals surface area contributed by atoms with Crippen molar-refractivity contribution in [3.05, 3.63) is 247 Å². The van der Waals surface area contributed by atoms with Gasteiger partial charge in [0, 0.05) is 22.1 Å². The normalized spacial score (nSPS) is 12.9. The van der Waals surface area contributed by atoms with Crippen LogP contribution in [0.1, 0.15) is 22.3 Å². The maximum Gasteiger partial charge on any atom is 0.143 e. The van der Waals surface area contributed by atoms with Crippen LogP contribution in [0, 0.1) is 0 Å². The fraction of sp³-hybridized carbons (Fsp3) is 0.0175. The first kappa shape index (κ1) is 33.5. The molecule has 1 aliphatic carbocycles. The Kier molecular flexibility index (Phi) is 7.48. The molecule has 59 heavy (non-hydrogen) atoms. The minimum absolute atomic E-state index is 0.536. The topological polar surface area (TPSA) is 16.4 Å². The Balaban J connectivity index is 1.22. The van der Waals surface area contributed by atoms with Crippen LogP contribution >= 0.6 is 0 Å².